The van der Waals surface area contributed by atoms with Crippen molar-refractivity contribution in [1.82, 2.24) is 9.55 Å². The third kappa shape index (κ3) is 5.22. The van der Waals surface area contributed by atoms with E-state index in [1.54, 1.807) is 54.4 Å². The molecule has 1 amide bonds. The molecule has 0 aliphatic carbocycles. The van der Waals surface area contributed by atoms with E-state index in [1.165, 1.54) is 18.5 Å². The zero-order valence-electron chi connectivity index (χ0n) is 16.3. The van der Waals surface area contributed by atoms with Gasteiger partial charge in [-0.05, 0) is 48.4 Å². The number of carbonyl (C=O) groups is 1. The Balaban J connectivity index is 1.66. The monoisotopic (exact) mass is 395 g/mol. The molecule has 0 saturated heterocycles. The number of anilines is 1. The van der Waals surface area contributed by atoms with Crippen molar-refractivity contribution in [2.45, 2.75) is 13.3 Å². The van der Waals surface area contributed by atoms with E-state index in [1.807, 2.05) is 13.0 Å². The van der Waals surface area contributed by atoms with Gasteiger partial charge in [-0.25, -0.2) is 9.37 Å². The highest BCUT2D eigenvalue weighted by atomic mass is 19.1. The van der Waals surface area contributed by atoms with Gasteiger partial charge in [0, 0.05) is 24.2 Å². The van der Waals surface area contributed by atoms with Crippen molar-refractivity contribution < 1.29 is 18.7 Å². The number of hydrogen-bond donors (Lipinski definition) is 1. The third-order valence-corrected chi connectivity index (χ3v) is 4.07. The number of carbonyl (C=O) groups excluding carboxylic acids is 1. The van der Waals surface area contributed by atoms with Crippen LogP contribution in [0.15, 0.2) is 61.2 Å². The van der Waals surface area contributed by atoms with Crippen LogP contribution in [0.3, 0.4) is 0 Å². The van der Waals surface area contributed by atoms with Crippen molar-refractivity contribution >= 4 is 17.7 Å². The number of amides is 1. The molecule has 7 heteroatoms. The molecule has 0 fully saturated rings. The second-order valence-electron chi connectivity index (χ2n) is 6.22. The molecule has 6 nitrogen and oxygen atoms in total. The number of methoxy groups -OCH3 is 1. The Morgan fingerprint density at radius 2 is 2.10 bits per heavy atom. The van der Waals surface area contributed by atoms with E-state index in [4.69, 9.17) is 9.47 Å². The lowest BCUT2D eigenvalue weighted by Crippen LogP contribution is -2.08. The zero-order chi connectivity index (χ0) is 20.6. The van der Waals surface area contributed by atoms with Crippen molar-refractivity contribution in [3.8, 4) is 17.2 Å². The van der Waals surface area contributed by atoms with Crippen LogP contribution >= 0.6 is 0 Å². The van der Waals surface area contributed by atoms with Crippen LogP contribution < -0.4 is 14.8 Å². The quantitative estimate of drug-likeness (QED) is 0.572. The molecule has 1 aromatic heterocycles. The predicted octanol–water partition coefficient (Wildman–Crippen LogP) is 4.46. The van der Waals surface area contributed by atoms with Gasteiger partial charge in [-0.15, -0.1) is 0 Å². The van der Waals surface area contributed by atoms with E-state index < -0.39 is 5.82 Å². The van der Waals surface area contributed by atoms with Gasteiger partial charge in [-0.2, -0.15) is 0 Å². The van der Waals surface area contributed by atoms with Crippen LogP contribution in [-0.2, 0) is 4.79 Å². The molecule has 1 N–H and O–H groups in total. The Kier molecular flexibility index (Phi) is 6.63. The van der Waals surface area contributed by atoms with Crippen molar-refractivity contribution in [2.75, 3.05) is 19.0 Å². The Labute approximate surface area is 168 Å². The number of imidazole rings is 1. The lowest BCUT2D eigenvalue weighted by Gasteiger charge is -2.10. The van der Waals surface area contributed by atoms with Crippen molar-refractivity contribution in [3.63, 3.8) is 0 Å². The molecule has 29 heavy (non-hydrogen) atoms. The fourth-order valence-electron chi connectivity index (χ4n) is 2.67. The van der Waals surface area contributed by atoms with Crippen molar-refractivity contribution in [3.05, 3.63) is 72.6 Å². The highest BCUT2D eigenvalue weighted by Gasteiger charge is 2.07. The SMILES string of the molecule is CCCOc1ccc(C=CC(=O)Nc2ccc(-n3ccnc3)c(F)c2)cc1OC. The standard InChI is InChI=1S/C22H22FN3O3/c1-3-12-29-20-8-4-16(13-21(20)28-2)5-9-22(27)25-17-6-7-19(18(23)14-17)26-11-10-24-15-26/h4-11,13-15H,3,12H2,1-2H3,(H,25,27). The minimum Gasteiger partial charge on any atom is -0.493 e. The maximum atomic E-state index is 14.3. The number of nitrogens with one attached hydrogen (secondary N) is 1. The molecule has 0 radical (unpaired) electrons. The molecular formula is C22H22FN3O3. The normalized spacial score (nSPS) is 10.9. The molecule has 150 valence electrons. The van der Waals surface area contributed by atoms with Crippen LogP contribution in [0.25, 0.3) is 11.8 Å². The lowest BCUT2D eigenvalue weighted by molar-refractivity contribution is -0.111. The summed E-state index contributed by atoms with van der Waals surface area (Å²) >= 11 is 0. The Hall–Kier alpha value is -3.61. The van der Waals surface area contributed by atoms with Gasteiger partial charge in [-0.3, -0.25) is 4.79 Å². The summed E-state index contributed by atoms with van der Waals surface area (Å²) in [4.78, 5) is 16.1. The number of benzene rings is 2. The first kappa shape index (κ1) is 20.1. The van der Waals surface area contributed by atoms with Gasteiger partial charge >= 0.3 is 0 Å². The first-order valence-corrected chi connectivity index (χ1v) is 9.18. The van der Waals surface area contributed by atoms with Gasteiger partial charge in [-0.1, -0.05) is 13.0 Å². The smallest absolute Gasteiger partial charge is 0.248 e. The van der Waals surface area contributed by atoms with E-state index >= 15 is 0 Å². The first-order chi connectivity index (χ1) is 14.1. The van der Waals surface area contributed by atoms with Gasteiger partial charge in [0.15, 0.2) is 11.5 Å². The summed E-state index contributed by atoms with van der Waals surface area (Å²) in [6, 6.07) is 9.90. The summed E-state index contributed by atoms with van der Waals surface area (Å²) in [5, 5.41) is 2.65. The van der Waals surface area contributed by atoms with Crippen LogP contribution in [0.2, 0.25) is 0 Å². The van der Waals surface area contributed by atoms with Gasteiger partial charge < -0.3 is 19.4 Å². The second-order valence-corrected chi connectivity index (χ2v) is 6.22. The highest BCUT2D eigenvalue weighted by molar-refractivity contribution is 6.02. The van der Waals surface area contributed by atoms with Crippen LogP contribution in [-0.4, -0.2) is 29.2 Å². The topological polar surface area (TPSA) is 65.4 Å². The van der Waals surface area contributed by atoms with Gasteiger partial charge in [0.25, 0.3) is 0 Å². The van der Waals surface area contributed by atoms with Crippen LogP contribution in [0, 0.1) is 5.82 Å². The molecule has 3 rings (SSSR count). The maximum absolute atomic E-state index is 14.3. The number of ether oxygens (including phenoxy) is 2. The summed E-state index contributed by atoms with van der Waals surface area (Å²) in [7, 11) is 1.57. The van der Waals surface area contributed by atoms with Gasteiger partial charge in [0.2, 0.25) is 5.91 Å². The molecule has 0 atom stereocenters. The molecule has 2 aromatic carbocycles. The summed E-state index contributed by atoms with van der Waals surface area (Å²) in [6.45, 7) is 2.63. The molecule has 0 bridgehead atoms. The Bertz CT molecular complexity index is 1000. The Morgan fingerprint density at radius 3 is 2.79 bits per heavy atom. The summed E-state index contributed by atoms with van der Waals surface area (Å²) in [5.41, 5.74) is 1.50. The minimum atomic E-state index is -0.461. The number of nitrogens with zero attached hydrogens (tertiary/aromatic N) is 2. The highest BCUT2D eigenvalue weighted by Crippen LogP contribution is 2.28. The van der Waals surface area contributed by atoms with E-state index in [0.717, 1.165) is 12.0 Å². The molecule has 3 aromatic rings. The number of rotatable bonds is 8. The van der Waals surface area contributed by atoms with E-state index in [-0.39, 0.29) is 5.91 Å². The average Bonchev–Trinajstić information content (AvgIpc) is 3.25. The fraction of sp³-hybridized carbons (Fsp3) is 0.182. The number of aromatic nitrogens is 2. The second kappa shape index (κ2) is 9.54. The minimum absolute atomic E-state index is 0.355. The number of hydrogen-bond acceptors (Lipinski definition) is 4. The summed E-state index contributed by atoms with van der Waals surface area (Å²) in [5.74, 6) is 0.421. The van der Waals surface area contributed by atoms with Crippen molar-refractivity contribution in [1.29, 1.82) is 0 Å². The van der Waals surface area contributed by atoms with E-state index in [9.17, 15) is 9.18 Å². The molecule has 0 aliphatic heterocycles. The Morgan fingerprint density at radius 1 is 1.24 bits per heavy atom. The molecule has 0 saturated carbocycles. The van der Waals surface area contributed by atoms with E-state index in [0.29, 0.717) is 29.5 Å². The van der Waals surface area contributed by atoms with Crippen LogP contribution in [0.1, 0.15) is 18.9 Å². The molecule has 0 spiro atoms. The van der Waals surface area contributed by atoms with Gasteiger partial charge in [0.1, 0.15) is 5.82 Å². The molecule has 0 unspecified atom stereocenters. The molecule has 1 heterocycles. The predicted molar refractivity (Wildman–Crippen MR) is 110 cm³/mol. The van der Waals surface area contributed by atoms with E-state index in [2.05, 4.69) is 10.3 Å². The third-order valence-electron chi connectivity index (χ3n) is 4.07. The zero-order valence-corrected chi connectivity index (χ0v) is 16.3. The lowest BCUT2D eigenvalue weighted by atomic mass is 10.2. The summed E-state index contributed by atoms with van der Waals surface area (Å²) < 4.78 is 26.8. The molecule has 0 aliphatic rings. The largest absolute Gasteiger partial charge is 0.493 e. The summed E-state index contributed by atoms with van der Waals surface area (Å²) in [6.07, 6.45) is 8.64. The number of halogens is 1. The van der Waals surface area contributed by atoms with Gasteiger partial charge in [0.05, 0.1) is 25.7 Å². The fourth-order valence-corrected chi connectivity index (χ4v) is 2.67. The van der Waals surface area contributed by atoms with Crippen LogP contribution in [0.5, 0.6) is 11.5 Å². The van der Waals surface area contributed by atoms with Crippen LogP contribution in [0.4, 0.5) is 10.1 Å². The van der Waals surface area contributed by atoms with Crippen molar-refractivity contribution in [2.24, 2.45) is 0 Å². The average molecular weight is 395 g/mol. The maximum Gasteiger partial charge on any atom is 0.248 e. The first-order valence-electron chi connectivity index (χ1n) is 9.18. The molecular weight excluding hydrogens is 373 g/mol.